The first-order valence-corrected chi connectivity index (χ1v) is 6.48. The molecule has 84 valence electrons. The van der Waals surface area contributed by atoms with Crippen LogP contribution in [0, 0.1) is 5.92 Å². The lowest BCUT2D eigenvalue weighted by Gasteiger charge is -2.16. The van der Waals surface area contributed by atoms with Crippen LogP contribution in [-0.4, -0.2) is 18.5 Å². The normalized spacial score (nSPS) is 13.1. The summed E-state index contributed by atoms with van der Waals surface area (Å²) in [6.07, 6.45) is 0.362. The van der Waals surface area contributed by atoms with Crippen LogP contribution in [0.5, 0.6) is 0 Å². The van der Waals surface area contributed by atoms with E-state index in [9.17, 15) is 0 Å². The molecule has 0 saturated heterocycles. The Hall–Kier alpha value is -0.470. The molecule has 0 aliphatic carbocycles. The van der Waals surface area contributed by atoms with Gasteiger partial charge in [-0.1, -0.05) is 32.0 Å². The maximum Gasteiger partial charge on any atom is 0.0570 e. The minimum atomic E-state index is 0.362. The summed E-state index contributed by atoms with van der Waals surface area (Å²) >= 11 is 1.85. The van der Waals surface area contributed by atoms with Crippen molar-refractivity contribution < 1.29 is 4.74 Å². The Kier molecular flexibility index (Phi) is 5.81. The van der Waals surface area contributed by atoms with E-state index >= 15 is 0 Å². The van der Waals surface area contributed by atoms with Gasteiger partial charge in [-0.3, -0.25) is 0 Å². The number of hydrogen-bond acceptors (Lipinski definition) is 2. The molecule has 1 rings (SSSR count). The minimum absolute atomic E-state index is 0.362. The summed E-state index contributed by atoms with van der Waals surface area (Å²) in [5, 5.41) is 0. The fraction of sp³-hybridized carbons (Fsp3) is 0.538. The first kappa shape index (κ1) is 12.6. The molecule has 0 spiro atoms. The van der Waals surface area contributed by atoms with E-state index in [2.05, 4.69) is 45.0 Å². The zero-order valence-corrected chi connectivity index (χ0v) is 10.6. The Morgan fingerprint density at radius 2 is 1.80 bits per heavy atom. The summed E-state index contributed by atoms with van der Waals surface area (Å²) < 4.78 is 5.70. The van der Waals surface area contributed by atoms with E-state index in [4.69, 9.17) is 4.74 Å². The van der Waals surface area contributed by atoms with Gasteiger partial charge in [-0.25, -0.2) is 0 Å². The van der Waals surface area contributed by atoms with Crippen LogP contribution in [0.15, 0.2) is 35.2 Å². The molecule has 0 aliphatic heterocycles. The topological polar surface area (TPSA) is 9.23 Å². The minimum Gasteiger partial charge on any atom is -0.377 e. The molecule has 0 N–H and O–H groups in total. The van der Waals surface area contributed by atoms with Gasteiger partial charge in [-0.15, -0.1) is 11.8 Å². The smallest absolute Gasteiger partial charge is 0.0570 e. The SMILES string of the molecule is CC(C)C(C)OCCSc1ccccc1. The van der Waals surface area contributed by atoms with Crippen LogP contribution >= 0.6 is 11.8 Å². The van der Waals surface area contributed by atoms with Crippen molar-refractivity contribution in [3.8, 4) is 0 Å². The Bertz CT molecular complexity index is 258. The van der Waals surface area contributed by atoms with Gasteiger partial charge >= 0.3 is 0 Å². The van der Waals surface area contributed by atoms with Gasteiger partial charge in [-0.05, 0) is 25.0 Å². The molecule has 0 amide bonds. The summed E-state index contributed by atoms with van der Waals surface area (Å²) in [6.45, 7) is 7.35. The molecule has 0 heterocycles. The van der Waals surface area contributed by atoms with Gasteiger partial charge < -0.3 is 4.74 Å². The monoisotopic (exact) mass is 224 g/mol. The van der Waals surface area contributed by atoms with Crippen LogP contribution in [0.1, 0.15) is 20.8 Å². The summed E-state index contributed by atoms with van der Waals surface area (Å²) in [4.78, 5) is 1.32. The lowest BCUT2D eigenvalue weighted by atomic mass is 10.1. The fourth-order valence-corrected chi connectivity index (χ4v) is 1.87. The fourth-order valence-electron chi connectivity index (χ4n) is 1.10. The first-order valence-electron chi connectivity index (χ1n) is 5.49. The largest absolute Gasteiger partial charge is 0.377 e. The van der Waals surface area contributed by atoms with Crippen molar-refractivity contribution in [2.24, 2.45) is 5.92 Å². The van der Waals surface area contributed by atoms with Crippen molar-refractivity contribution in [3.05, 3.63) is 30.3 Å². The van der Waals surface area contributed by atoms with Crippen LogP contribution in [0.25, 0.3) is 0 Å². The van der Waals surface area contributed by atoms with E-state index in [1.54, 1.807) is 0 Å². The van der Waals surface area contributed by atoms with E-state index in [0.29, 0.717) is 12.0 Å². The lowest BCUT2D eigenvalue weighted by Crippen LogP contribution is -2.16. The third-order valence-corrected chi connectivity index (χ3v) is 3.39. The van der Waals surface area contributed by atoms with Crippen molar-refractivity contribution in [2.75, 3.05) is 12.4 Å². The van der Waals surface area contributed by atoms with E-state index in [0.717, 1.165) is 12.4 Å². The van der Waals surface area contributed by atoms with Crippen molar-refractivity contribution >= 4 is 11.8 Å². The van der Waals surface area contributed by atoms with Gasteiger partial charge in [0.1, 0.15) is 0 Å². The quantitative estimate of drug-likeness (QED) is 0.536. The van der Waals surface area contributed by atoms with Crippen LogP contribution in [0.4, 0.5) is 0 Å². The summed E-state index contributed by atoms with van der Waals surface area (Å²) in [6, 6.07) is 10.5. The van der Waals surface area contributed by atoms with Crippen LogP contribution in [-0.2, 0) is 4.74 Å². The number of rotatable bonds is 6. The highest BCUT2D eigenvalue weighted by atomic mass is 32.2. The number of benzene rings is 1. The van der Waals surface area contributed by atoms with Crippen LogP contribution in [0.2, 0.25) is 0 Å². The third kappa shape index (κ3) is 5.24. The van der Waals surface area contributed by atoms with Gasteiger partial charge in [0, 0.05) is 10.6 Å². The van der Waals surface area contributed by atoms with E-state index in [1.165, 1.54) is 4.90 Å². The Balaban J connectivity index is 2.12. The highest BCUT2D eigenvalue weighted by molar-refractivity contribution is 7.99. The zero-order valence-electron chi connectivity index (χ0n) is 9.77. The Morgan fingerprint density at radius 3 is 2.40 bits per heavy atom. The summed E-state index contributed by atoms with van der Waals surface area (Å²) in [5.74, 6) is 1.63. The van der Waals surface area contributed by atoms with E-state index < -0.39 is 0 Å². The van der Waals surface area contributed by atoms with Crippen molar-refractivity contribution in [1.29, 1.82) is 0 Å². The summed E-state index contributed by atoms with van der Waals surface area (Å²) in [5.41, 5.74) is 0. The predicted octanol–water partition coefficient (Wildman–Crippen LogP) is 3.84. The zero-order chi connectivity index (χ0) is 11.1. The molecular weight excluding hydrogens is 204 g/mol. The second kappa shape index (κ2) is 6.91. The molecule has 15 heavy (non-hydrogen) atoms. The molecule has 0 fully saturated rings. The highest BCUT2D eigenvalue weighted by Crippen LogP contribution is 2.17. The Labute approximate surface area is 97.2 Å². The lowest BCUT2D eigenvalue weighted by molar-refractivity contribution is 0.0461. The molecule has 1 aromatic rings. The van der Waals surface area contributed by atoms with Crippen molar-refractivity contribution in [1.82, 2.24) is 0 Å². The van der Waals surface area contributed by atoms with Gasteiger partial charge in [0.25, 0.3) is 0 Å². The molecule has 0 aliphatic rings. The second-order valence-electron chi connectivity index (χ2n) is 3.98. The van der Waals surface area contributed by atoms with Gasteiger partial charge in [0.05, 0.1) is 12.7 Å². The molecule has 1 unspecified atom stereocenters. The summed E-state index contributed by atoms with van der Waals surface area (Å²) in [7, 11) is 0. The third-order valence-electron chi connectivity index (χ3n) is 2.41. The molecule has 1 nitrogen and oxygen atoms in total. The number of hydrogen-bond donors (Lipinski definition) is 0. The van der Waals surface area contributed by atoms with Gasteiger partial charge in [-0.2, -0.15) is 0 Å². The average molecular weight is 224 g/mol. The maximum atomic E-state index is 5.70. The molecule has 1 atom stereocenters. The Morgan fingerprint density at radius 1 is 1.13 bits per heavy atom. The van der Waals surface area contributed by atoms with Gasteiger partial charge in [0.15, 0.2) is 0 Å². The molecular formula is C13H20OS. The molecule has 0 bridgehead atoms. The number of ether oxygens (including phenoxy) is 1. The van der Waals surface area contributed by atoms with E-state index in [-0.39, 0.29) is 0 Å². The second-order valence-corrected chi connectivity index (χ2v) is 5.15. The van der Waals surface area contributed by atoms with Crippen molar-refractivity contribution in [3.63, 3.8) is 0 Å². The molecule has 0 saturated carbocycles. The standard InChI is InChI=1S/C13H20OS/c1-11(2)12(3)14-9-10-15-13-7-5-4-6-8-13/h4-8,11-12H,9-10H2,1-3H3. The van der Waals surface area contributed by atoms with Crippen LogP contribution in [0.3, 0.4) is 0 Å². The molecule has 0 radical (unpaired) electrons. The molecule has 1 aromatic carbocycles. The highest BCUT2D eigenvalue weighted by Gasteiger charge is 2.06. The van der Waals surface area contributed by atoms with Crippen LogP contribution < -0.4 is 0 Å². The number of thioether (sulfide) groups is 1. The van der Waals surface area contributed by atoms with Gasteiger partial charge in [0.2, 0.25) is 0 Å². The van der Waals surface area contributed by atoms with Crippen molar-refractivity contribution in [2.45, 2.75) is 31.8 Å². The molecule has 2 heteroatoms. The first-order chi connectivity index (χ1) is 7.20. The maximum absolute atomic E-state index is 5.70. The predicted molar refractivity (Wildman–Crippen MR) is 67.4 cm³/mol. The molecule has 0 aromatic heterocycles. The van der Waals surface area contributed by atoms with E-state index in [1.807, 2.05) is 17.8 Å². The average Bonchev–Trinajstić information content (AvgIpc) is 2.25.